The second kappa shape index (κ2) is 11.1. The number of carbonyl (C=O) groups excluding carboxylic acids is 1. The van der Waals surface area contributed by atoms with Crippen molar-refractivity contribution in [3.05, 3.63) is 99.0 Å². The van der Waals surface area contributed by atoms with Gasteiger partial charge in [-0.3, -0.25) is 19.5 Å². The zero-order valence-electron chi connectivity index (χ0n) is 18.5. The van der Waals surface area contributed by atoms with Gasteiger partial charge >= 0.3 is 0 Å². The quantitative estimate of drug-likeness (QED) is 0.139. The first kappa shape index (κ1) is 24.3. The van der Waals surface area contributed by atoms with Crippen molar-refractivity contribution in [3.8, 4) is 17.1 Å². The highest BCUT2D eigenvalue weighted by Crippen LogP contribution is 2.28. The van der Waals surface area contributed by atoms with E-state index in [1.807, 2.05) is 59.2 Å². The van der Waals surface area contributed by atoms with Gasteiger partial charge in [-0.1, -0.05) is 58.0 Å². The Kier molecular flexibility index (Phi) is 7.68. The van der Waals surface area contributed by atoms with Crippen molar-refractivity contribution in [3.63, 3.8) is 0 Å². The minimum absolute atomic E-state index is 0.00765. The van der Waals surface area contributed by atoms with Gasteiger partial charge in [-0.15, -0.1) is 10.2 Å². The van der Waals surface area contributed by atoms with Gasteiger partial charge in [-0.05, 0) is 48.9 Å². The minimum atomic E-state index is -0.467. The minimum Gasteiger partial charge on any atom is -0.272 e. The second-order valence-electron chi connectivity index (χ2n) is 7.31. The van der Waals surface area contributed by atoms with Crippen LogP contribution in [0.25, 0.3) is 17.1 Å². The maximum Gasteiger partial charge on any atom is 0.269 e. The fourth-order valence-corrected chi connectivity index (χ4v) is 4.17. The molecule has 0 aliphatic heterocycles. The highest BCUT2D eigenvalue weighted by molar-refractivity contribution is 9.10. The number of amides is 1. The molecule has 0 saturated heterocycles. The SMILES string of the molecule is C/C(=N\NC(=O)CSc1nnc(-c2ccccc2)n1-c1ccc(Br)cc1)c1ccc([N+](=O)[O-])cc1. The summed E-state index contributed by atoms with van der Waals surface area (Å²) in [7, 11) is 0. The molecular weight excluding hydrogens is 532 g/mol. The van der Waals surface area contributed by atoms with Gasteiger partial charge in [0.2, 0.25) is 0 Å². The van der Waals surface area contributed by atoms with Gasteiger partial charge in [0.15, 0.2) is 11.0 Å². The van der Waals surface area contributed by atoms with Gasteiger partial charge in [0.05, 0.1) is 16.4 Å². The zero-order valence-corrected chi connectivity index (χ0v) is 20.9. The standard InChI is InChI=1S/C24H19BrN6O3S/c1-16(17-7-11-21(12-8-17)31(33)34)26-27-22(32)15-35-24-29-28-23(18-5-3-2-4-6-18)30(24)20-13-9-19(25)10-14-20/h2-14H,15H2,1H3,(H,27,32)/b26-16+. The molecule has 1 N–H and O–H groups in total. The Labute approximate surface area is 213 Å². The van der Waals surface area contributed by atoms with Crippen molar-refractivity contribution >= 4 is 45.0 Å². The molecule has 1 amide bonds. The third kappa shape index (κ3) is 6.00. The molecule has 0 bridgehead atoms. The van der Waals surface area contributed by atoms with Crippen LogP contribution in [0.1, 0.15) is 12.5 Å². The number of nitrogens with zero attached hydrogens (tertiary/aromatic N) is 5. The Hall–Kier alpha value is -3.83. The number of benzene rings is 3. The van der Waals surface area contributed by atoms with Gasteiger partial charge in [0.1, 0.15) is 0 Å². The molecule has 3 aromatic carbocycles. The molecule has 4 aromatic rings. The van der Waals surface area contributed by atoms with Crippen LogP contribution in [0, 0.1) is 10.1 Å². The summed E-state index contributed by atoms with van der Waals surface area (Å²) in [6.45, 7) is 1.71. The van der Waals surface area contributed by atoms with Gasteiger partial charge < -0.3 is 0 Å². The van der Waals surface area contributed by atoms with Crippen LogP contribution in [0.2, 0.25) is 0 Å². The van der Waals surface area contributed by atoms with Crippen LogP contribution in [0.15, 0.2) is 93.6 Å². The monoisotopic (exact) mass is 550 g/mol. The topological polar surface area (TPSA) is 115 Å². The number of hydrogen-bond donors (Lipinski definition) is 1. The normalized spacial score (nSPS) is 11.3. The Morgan fingerprint density at radius 2 is 1.74 bits per heavy atom. The van der Waals surface area contributed by atoms with Gasteiger partial charge in [-0.2, -0.15) is 5.10 Å². The highest BCUT2D eigenvalue weighted by atomic mass is 79.9. The average molecular weight is 551 g/mol. The predicted molar refractivity (Wildman–Crippen MR) is 139 cm³/mol. The summed E-state index contributed by atoms with van der Waals surface area (Å²) in [4.78, 5) is 22.8. The van der Waals surface area contributed by atoms with Gasteiger partial charge in [-0.25, -0.2) is 5.43 Å². The number of hydrazone groups is 1. The van der Waals surface area contributed by atoms with E-state index in [-0.39, 0.29) is 17.3 Å². The average Bonchev–Trinajstić information content (AvgIpc) is 3.31. The lowest BCUT2D eigenvalue weighted by Gasteiger charge is -2.10. The molecule has 0 atom stereocenters. The number of halogens is 1. The first-order valence-electron chi connectivity index (χ1n) is 10.4. The van der Waals surface area contributed by atoms with E-state index in [2.05, 4.69) is 36.7 Å². The summed E-state index contributed by atoms with van der Waals surface area (Å²) in [5.74, 6) is 0.422. The predicted octanol–water partition coefficient (Wildman–Crippen LogP) is 5.24. The maximum absolute atomic E-state index is 12.5. The number of carbonyl (C=O) groups is 1. The molecule has 35 heavy (non-hydrogen) atoms. The molecule has 1 heterocycles. The van der Waals surface area contributed by atoms with Crippen LogP contribution in [0.4, 0.5) is 5.69 Å². The van der Waals surface area contributed by atoms with Crippen LogP contribution >= 0.6 is 27.7 Å². The summed E-state index contributed by atoms with van der Waals surface area (Å²) in [5.41, 5.74) is 5.49. The summed E-state index contributed by atoms with van der Waals surface area (Å²) in [6, 6.07) is 23.4. The van der Waals surface area contributed by atoms with Crippen LogP contribution in [0.3, 0.4) is 0 Å². The number of thioether (sulfide) groups is 1. The molecule has 0 unspecified atom stereocenters. The first-order chi connectivity index (χ1) is 16.9. The van der Waals surface area contributed by atoms with E-state index in [0.717, 1.165) is 15.7 Å². The number of hydrogen-bond acceptors (Lipinski definition) is 7. The van der Waals surface area contributed by atoms with E-state index in [9.17, 15) is 14.9 Å². The summed E-state index contributed by atoms with van der Waals surface area (Å²) < 4.78 is 2.86. The Morgan fingerprint density at radius 3 is 2.40 bits per heavy atom. The van der Waals surface area contributed by atoms with E-state index in [0.29, 0.717) is 22.3 Å². The molecule has 1 aromatic heterocycles. The van der Waals surface area contributed by atoms with Crippen molar-refractivity contribution in [1.29, 1.82) is 0 Å². The number of aromatic nitrogens is 3. The lowest BCUT2D eigenvalue weighted by Crippen LogP contribution is -2.21. The van der Waals surface area contributed by atoms with Crippen molar-refractivity contribution in [2.24, 2.45) is 5.10 Å². The Bertz CT molecular complexity index is 1370. The molecule has 0 spiro atoms. The number of non-ortho nitro benzene ring substituents is 1. The van der Waals surface area contributed by atoms with Gasteiger partial charge in [0, 0.05) is 27.9 Å². The molecule has 0 fully saturated rings. The molecule has 0 radical (unpaired) electrons. The zero-order chi connectivity index (χ0) is 24.8. The number of nitro benzene ring substituents is 1. The molecule has 176 valence electrons. The lowest BCUT2D eigenvalue weighted by atomic mass is 10.1. The lowest BCUT2D eigenvalue weighted by molar-refractivity contribution is -0.384. The summed E-state index contributed by atoms with van der Waals surface area (Å²) in [5, 5.41) is 24.2. The van der Waals surface area contributed by atoms with Gasteiger partial charge in [0.25, 0.3) is 11.6 Å². The molecule has 0 saturated carbocycles. The van der Waals surface area contributed by atoms with E-state index in [1.165, 1.54) is 23.9 Å². The molecular formula is C24H19BrN6O3S. The smallest absolute Gasteiger partial charge is 0.269 e. The largest absolute Gasteiger partial charge is 0.272 e. The molecule has 9 nitrogen and oxygen atoms in total. The van der Waals surface area contributed by atoms with Crippen molar-refractivity contribution in [1.82, 2.24) is 20.2 Å². The van der Waals surface area contributed by atoms with E-state index >= 15 is 0 Å². The third-order valence-corrected chi connectivity index (χ3v) is 6.38. The Balaban J connectivity index is 1.48. The number of rotatable bonds is 8. The fourth-order valence-electron chi connectivity index (χ4n) is 3.16. The van der Waals surface area contributed by atoms with Crippen molar-refractivity contribution in [2.45, 2.75) is 12.1 Å². The summed E-state index contributed by atoms with van der Waals surface area (Å²) in [6.07, 6.45) is 0. The third-order valence-electron chi connectivity index (χ3n) is 4.93. The molecule has 11 heteroatoms. The first-order valence-corrected chi connectivity index (χ1v) is 12.2. The number of nitrogens with one attached hydrogen (secondary N) is 1. The highest BCUT2D eigenvalue weighted by Gasteiger charge is 2.17. The van der Waals surface area contributed by atoms with Crippen LogP contribution in [0.5, 0.6) is 0 Å². The van der Waals surface area contributed by atoms with Crippen molar-refractivity contribution in [2.75, 3.05) is 5.75 Å². The molecule has 0 aliphatic rings. The maximum atomic E-state index is 12.5. The Morgan fingerprint density at radius 1 is 1.06 bits per heavy atom. The van der Waals surface area contributed by atoms with Crippen LogP contribution < -0.4 is 5.43 Å². The molecule has 0 aliphatic carbocycles. The van der Waals surface area contributed by atoms with Crippen LogP contribution in [-0.4, -0.2) is 37.1 Å². The van der Waals surface area contributed by atoms with E-state index in [1.54, 1.807) is 19.1 Å². The fraction of sp³-hybridized carbons (Fsp3) is 0.0833. The molecule has 4 rings (SSSR count). The van der Waals surface area contributed by atoms with E-state index in [4.69, 9.17) is 0 Å². The van der Waals surface area contributed by atoms with Crippen LogP contribution in [-0.2, 0) is 4.79 Å². The van der Waals surface area contributed by atoms with E-state index < -0.39 is 4.92 Å². The van der Waals surface area contributed by atoms with Crippen molar-refractivity contribution < 1.29 is 9.72 Å². The second-order valence-corrected chi connectivity index (χ2v) is 9.17. The summed E-state index contributed by atoms with van der Waals surface area (Å²) >= 11 is 4.70. The number of nitro groups is 1.